The number of hydrogen-bond acceptors (Lipinski definition) is 2. The van der Waals surface area contributed by atoms with Crippen molar-refractivity contribution in [1.29, 1.82) is 5.26 Å². The van der Waals surface area contributed by atoms with Gasteiger partial charge in [-0.15, -0.1) is 0 Å². The van der Waals surface area contributed by atoms with Crippen molar-refractivity contribution in [1.82, 2.24) is 4.90 Å². The molecular weight excluding hydrogens is 196 g/mol. The van der Waals surface area contributed by atoms with Crippen molar-refractivity contribution >= 4 is 0 Å². The van der Waals surface area contributed by atoms with E-state index in [4.69, 9.17) is 5.26 Å². The van der Waals surface area contributed by atoms with Gasteiger partial charge in [0.1, 0.15) is 0 Å². The Kier molecular flexibility index (Phi) is 4.80. The first-order chi connectivity index (χ1) is 7.44. The largest absolute Gasteiger partial charge is 0.303 e. The van der Waals surface area contributed by atoms with Crippen molar-refractivity contribution in [3.8, 4) is 6.07 Å². The first-order valence-corrected chi connectivity index (χ1v) is 6.56. The lowest BCUT2D eigenvalue weighted by atomic mass is 9.86. The highest BCUT2D eigenvalue weighted by Gasteiger charge is 2.23. The number of rotatable bonds is 4. The van der Waals surface area contributed by atoms with E-state index in [1.165, 1.54) is 25.7 Å². The third-order valence-corrected chi connectivity index (χ3v) is 4.00. The van der Waals surface area contributed by atoms with Gasteiger partial charge in [-0.05, 0) is 65.5 Å². The first-order valence-electron chi connectivity index (χ1n) is 6.56. The summed E-state index contributed by atoms with van der Waals surface area (Å²) in [5, 5.41) is 8.98. The van der Waals surface area contributed by atoms with E-state index >= 15 is 0 Å². The Morgan fingerprint density at radius 1 is 1.25 bits per heavy atom. The average Bonchev–Trinajstić information content (AvgIpc) is 2.27. The lowest BCUT2D eigenvalue weighted by Gasteiger charge is -2.34. The molecule has 1 fully saturated rings. The quantitative estimate of drug-likeness (QED) is 0.728. The maximum Gasteiger partial charge on any atom is 0.0684 e. The second-order valence-corrected chi connectivity index (χ2v) is 6.14. The van der Waals surface area contributed by atoms with Crippen molar-refractivity contribution < 1.29 is 0 Å². The number of nitriles is 1. The smallest absolute Gasteiger partial charge is 0.0684 e. The molecule has 1 aliphatic carbocycles. The van der Waals surface area contributed by atoms with Gasteiger partial charge >= 0.3 is 0 Å². The minimum atomic E-state index is -0.170. The highest BCUT2D eigenvalue weighted by molar-refractivity contribution is 4.92. The minimum Gasteiger partial charge on any atom is -0.303 e. The molecule has 0 radical (unpaired) electrons. The van der Waals surface area contributed by atoms with Crippen molar-refractivity contribution in [2.24, 2.45) is 11.3 Å². The molecule has 92 valence electrons. The zero-order valence-electron chi connectivity index (χ0n) is 11.3. The Morgan fingerprint density at radius 3 is 2.31 bits per heavy atom. The molecule has 1 rings (SSSR count). The van der Waals surface area contributed by atoms with Crippen molar-refractivity contribution in [3.63, 3.8) is 0 Å². The van der Waals surface area contributed by atoms with Crippen LogP contribution in [-0.2, 0) is 0 Å². The molecule has 2 heteroatoms. The molecule has 0 heterocycles. The van der Waals surface area contributed by atoms with Gasteiger partial charge in [-0.25, -0.2) is 0 Å². The van der Waals surface area contributed by atoms with E-state index in [2.05, 4.69) is 24.9 Å². The summed E-state index contributed by atoms with van der Waals surface area (Å²) in [6, 6.07) is 3.14. The Bertz CT molecular complexity index is 244. The van der Waals surface area contributed by atoms with Crippen LogP contribution in [-0.4, -0.2) is 24.5 Å². The van der Waals surface area contributed by atoms with Crippen LogP contribution in [0.25, 0.3) is 0 Å². The van der Waals surface area contributed by atoms with Gasteiger partial charge in [0, 0.05) is 6.04 Å². The van der Waals surface area contributed by atoms with Gasteiger partial charge in [-0.2, -0.15) is 5.26 Å². The van der Waals surface area contributed by atoms with Crippen LogP contribution in [0.4, 0.5) is 0 Å². The third-order valence-electron chi connectivity index (χ3n) is 4.00. The van der Waals surface area contributed by atoms with Gasteiger partial charge in [-0.3, -0.25) is 0 Å². The van der Waals surface area contributed by atoms with Crippen LogP contribution in [0.1, 0.15) is 52.9 Å². The summed E-state index contributed by atoms with van der Waals surface area (Å²) < 4.78 is 0. The third kappa shape index (κ3) is 4.14. The molecule has 16 heavy (non-hydrogen) atoms. The first kappa shape index (κ1) is 13.5. The number of nitrogens with zero attached hydrogens (tertiary/aromatic N) is 2. The molecule has 0 aliphatic heterocycles. The Hall–Kier alpha value is -0.550. The van der Waals surface area contributed by atoms with Gasteiger partial charge < -0.3 is 4.90 Å². The molecule has 0 bridgehead atoms. The van der Waals surface area contributed by atoms with Gasteiger partial charge in [0.05, 0.1) is 11.5 Å². The van der Waals surface area contributed by atoms with Crippen LogP contribution < -0.4 is 0 Å². The summed E-state index contributed by atoms with van der Waals surface area (Å²) in [6.45, 7) is 7.47. The summed E-state index contributed by atoms with van der Waals surface area (Å²) in [5.74, 6) is 0.917. The second kappa shape index (κ2) is 5.68. The van der Waals surface area contributed by atoms with Gasteiger partial charge in [0.25, 0.3) is 0 Å². The maximum absolute atomic E-state index is 8.98. The summed E-state index contributed by atoms with van der Waals surface area (Å²) in [5.41, 5.74) is -0.170. The monoisotopic (exact) mass is 222 g/mol. The van der Waals surface area contributed by atoms with E-state index in [9.17, 15) is 0 Å². The van der Waals surface area contributed by atoms with Crippen LogP contribution in [0.15, 0.2) is 0 Å². The zero-order chi connectivity index (χ0) is 12.2. The molecule has 0 aromatic rings. The lowest BCUT2D eigenvalue weighted by Crippen LogP contribution is -2.36. The minimum absolute atomic E-state index is 0.170. The lowest BCUT2D eigenvalue weighted by molar-refractivity contribution is 0.158. The van der Waals surface area contributed by atoms with Crippen LogP contribution in [0, 0.1) is 22.7 Å². The van der Waals surface area contributed by atoms with Crippen LogP contribution >= 0.6 is 0 Å². The van der Waals surface area contributed by atoms with E-state index in [0.717, 1.165) is 24.9 Å². The van der Waals surface area contributed by atoms with E-state index in [0.29, 0.717) is 0 Å². The molecule has 0 N–H and O–H groups in total. The summed E-state index contributed by atoms with van der Waals surface area (Å²) in [6.07, 6.45) is 6.40. The van der Waals surface area contributed by atoms with Crippen LogP contribution in [0.5, 0.6) is 0 Å². The summed E-state index contributed by atoms with van der Waals surface area (Å²) in [7, 11) is 2.22. The Balaban J connectivity index is 2.30. The molecular formula is C14H26N2. The Labute approximate surface area is 101 Å². The highest BCUT2D eigenvalue weighted by atomic mass is 15.1. The fourth-order valence-electron chi connectivity index (χ4n) is 2.38. The van der Waals surface area contributed by atoms with E-state index in [1.54, 1.807) is 0 Å². The van der Waals surface area contributed by atoms with Gasteiger partial charge in [0.2, 0.25) is 0 Å². The zero-order valence-corrected chi connectivity index (χ0v) is 11.3. The topological polar surface area (TPSA) is 27.0 Å². The molecule has 0 atom stereocenters. The van der Waals surface area contributed by atoms with Crippen LogP contribution in [0.3, 0.4) is 0 Å². The molecule has 0 unspecified atom stereocenters. The number of hydrogen-bond donors (Lipinski definition) is 0. The SMILES string of the molecule is CC1CCC(N(C)CCC(C)(C)C#N)CC1. The fourth-order valence-corrected chi connectivity index (χ4v) is 2.38. The van der Waals surface area contributed by atoms with Crippen molar-refractivity contribution in [3.05, 3.63) is 0 Å². The Morgan fingerprint density at radius 2 is 1.81 bits per heavy atom. The molecule has 0 aromatic carbocycles. The molecule has 0 amide bonds. The van der Waals surface area contributed by atoms with E-state index in [-0.39, 0.29) is 5.41 Å². The van der Waals surface area contributed by atoms with Crippen LogP contribution in [0.2, 0.25) is 0 Å². The highest BCUT2D eigenvalue weighted by Crippen LogP contribution is 2.27. The van der Waals surface area contributed by atoms with Crippen molar-refractivity contribution in [2.75, 3.05) is 13.6 Å². The molecule has 0 saturated heterocycles. The normalized spacial score (nSPS) is 26.8. The van der Waals surface area contributed by atoms with Gasteiger partial charge in [0.15, 0.2) is 0 Å². The molecule has 0 spiro atoms. The molecule has 0 aromatic heterocycles. The molecule has 1 saturated carbocycles. The summed E-state index contributed by atoms with van der Waals surface area (Å²) in [4.78, 5) is 2.46. The fraction of sp³-hybridized carbons (Fsp3) is 0.929. The second-order valence-electron chi connectivity index (χ2n) is 6.14. The van der Waals surface area contributed by atoms with Crippen molar-refractivity contribution in [2.45, 2.75) is 58.9 Å². The predicted molar refractivity (Wildman–Crippen MR) is 68.1 cm³/mol. The maximum atomic E-state index is 8.98. The summed E-state index contributed by atoms with van der Waals surface area (Å²) >= 11 is 0. The van der Waals surface area contributed by atoms with E-state index in [1.807, 2.05) is 13.8 Å². The van der Waals surface area contributed by atoms with Gasteiger partial charge in [-0.1, -0.05) is 6.92 Å². The molecule has 2 nitrogen and oxygen atoms in total. The average molecular weight is 222 g/mol. The predicted octanol–water partition coefficient (Wildman–Crippen LogP) is 3.44. The van der Waals surface area contributed by atoms with E-state index < -0.39 is 0 Å². The molecule has 1 aliphatic rings. The standard InChI is InChI=1S/C14H26N2/c1-12-5-7-13(8-6-12)16(4)10-9-14(2,3)11-15/h12-13H,5-10H2,1-4H3.